The van der Waals surface area contributed by atoms with E-state index < -0.39 is 5.97 Å². The van der Waals surface area contributed by atoms with Crippen molar-refractivity contribution in [3.63, 3.8) is 0 Å². The molecule has 1 aliphatic heterocycles. The van der Waals surface area contributed by atoms with E-state index in [0.717, 1.165) is 12.8 Å². The van der Waals surface area contributed by atoms with Crippen LogP contribution in [0.1, 0.15) is 38.5 Å². The van der Waals surface area contributed by atoms with Crippen molar-refractivity contribution in [3.8, 4) is 0 Å². The van der Waals surface area contributed by atoms with E-state index in [9.17, 15) is 14.4 Å². The molecule has 0 radical (unpaired) electrons. The zero-order valence-electron chi connectivity index (χ0n) is 11.4. The second kappa shape index (κ2) is 7.76. The molecule has 1 saturated heterocycles. The summed E-state index contributed by atoms with van der Waals surface area (Å²) >= 11 is 0. The predicted molar refractivity (Wildman–Crippen MR) is 69.5 cm³/mol. The molecule has 0 aromatic rings. The molecule has 0 spiro atoms. The number of nitrogens with zero attached hydrogens (tertiary/aromatic N) is 1. The van der Waals surface area contributed by atoms with Gasteiger partial charge in [-0.2, -0.15) is 0 Å². The van der Waals surface area contributed by atoms with Gasteiger partial charge < -0.3 is 15.3 Å². The van der Waals surface area contributed by atoms with Gasteiger partial charge in [-0.3, -0.25) is 14.4 Å². The molecule has 19 heavy (non-hydrogen) atoms. The summed E-state index contributed by atoms with van der Waals surface area (Å²) in [5, 5.41) is 11.3. The molecule has 0 aromatic carbocycles. The number of carboxylic acids is 1. The third-order valence-corrected chi connectivity index (χ3v) is 3.40. The molecule has 1 atom stereocenters. The first kappa shape index (κ1) is 15.5. The van der Waals surface area contributed by atoms with E-state index in [0.29, 0.717) is 32.4 Å². The number of hydrogen-bond donors (Lipinski definition) is 2. The smallest absolute Gasteiger partial charge is 0.303 e. The Bertz CT molecular complexity index is 344. The molecular weight excluding hydrogens is 248 g/mol. The molecule has 1 heterocycles. The number of carbonyl (C=O) groups is 3. The standard InChI is InChI=1S/C13H22N2O4/c1-15-8-6-10(9-11(15)16)13(19)14-7-4-2-3-5-12(17)18/h10H,2-9H2,1H3,(H,14,19)(H,17,18). The minimum atomic E-state index is -0.783. The summed E-state index contributed by atoms with van der Waals surface area (Å²) in [6, 6.07) is 0. The number of aliphatic carboxylic acids is 1. The number of likely N-dealkylation sites (tertiary alicyclic amines) is 1. The summed E-state index contributed by atoms with van der Waals surface area (Å²) in [5.74, 6) is -1.02. The van der Waals surface area contributed by atoms with Gasteiger partial charge in [-0.25, -0.2) is 0 Å². The van der Waals surface area contributed by atoms with Gasteiger partial charge in [0.2, 0.25) is 11.8 Å². The van der Waals surface area contributed by atoms with Gasteiger partial charge in [-0.05, 0) is 19.3 Å². The van der Waals surface area contributed by atoms with Crippen molar-refractivity contribution in [3.05, 3.63) is 0 Å². The summed E-state index contributed by atoms with van der Waals surface area (Å²) in [5.41, 5.74) is 0. The van der Waals surface area contributed by atoms with Crippen molar-refractivity contribution in [2.45, 2.75) is 38.5 Å². The zero-order valence-corrected chi connectivity index (χ0v) is 11.4. The van der Waals surface area contributed by atoms with Crippen LogP contribution in [0.2, 0.25) is 0 Å². The molecule has 2 amide bonds. The maximum atomic E-state index is 11.8. The van der Waals surface area contributed by atoms with E-state index in [1.54, 1.807) is 11.9 Å². The number of unbranched alkanes of at least 4 members (excludes halogenated alkanes) is 2. The van der Waals surface area contributed by atoms with E-state index in [1.807, 2.05) is 0 Å². The average Bonchev–Trinajstić information content (AvgIpc) is 2.36. The molecule has 6 nitrogen and oxygen atoms in total. The van der Waals surface area contributed by atoms with Gasteiger partial charge in [0.25, 0.3) is 0 Å². The molecule has 1 rings (SSSR count). The van der Waals surface area contributed by atoms with Gasteiger partial charge in [0.15, 0.2) is 0 Å². The molecular formula is C13H22N2O4. The minimum absolute atomic E-state index is 0.0212. The van der Waals surface area contributed by atoms with Crippen LogP contribution >= 0.6 is 0 Å². The number of nitrogens with one attached hydrogen (secondary N) is 1. The van der Waals surface area contributed by atoms with E-state index >= 15 is 0 Å². The summed E-state index contributed by atoms with van der Waals surface area (Å²) in [7, 11) is 1.75. The van der Waals surface area contributed by atoms with Crippen LogP contribution in [0.3, 0.4) is 0 Å². The number of piperidine rings is 1. The Morgan fingerprint density at radius 2 is 2.11 bits per heavy atom. The molecule has 0 aliphatic carbocycles. The highest BCUT2D eigenvalue weighted by Crippen LogP contribution is 2.17. The fraction of sp³-hybridized carbons (Fsp3) is 0.769. The van der Waals surface area contributed by atoms with Crippen LogP contribution in [-0.4, -0.2) is 47.9 Å². The lowest BCUT2D eigenvalue weighted by atomic mass is 9.95. The van der Waals surface area contributed by atoms with Gasteiger partial charge in [-0.1, -0.05) is 6.42 Å². The normalized spacial score (nSPS) is 19.3. The second-order valence-electron chi connectivity index (χ2n) is 5.00. The Kier molecular flexibility index (Phi) is 6.32. The number of hydrogen-bond acceptors (Lipinski definition) is 3. The molecule has 0 saturated carbocycles. The Hall–Kier alpha value is -1.59. The molecule has 0 bridgehead atoms. The number of carbonyl (C=O) groups excluding carboxylic acids is 2. The van der Waals surface area contributed by atoms with Gasteiger partial charge in [0, 0.05) is 38.9 Å². The van der Waals surface area contributed by atoms with E-state index in [-0.39, 0.29) is 24.2 Å². The molecule has 1 fully saturated rings. The van der Waals surface area contributed by atoms with Crippen molar-refractivity contribution in [1.82, 2.24) is 10.2 Å². The van der Waals surface area contributed by atoms with Crippen LogP contribution in [0.15, 0.2) is 0 Å². The van der Waals surface area contributed by atoms with Gasteiger partial charge in [-0.15, -0.1) is 0 Å². The third kappa shape index (κ3) is 5.72. The molecule has 1 aliphatic rings. The summed E-state index contributed by atoms with van der Waals surface area (Å²) < 4.78 is 0. The molecule has 1 unspecified atom stereocenters. The fourth-order valence-corrected chi connectivity index (χ4v) is 2.10. The Morgan fingerprint density at radius 1 is 1.37 bits per heavy atom. The minimum Gasteiger partial charge on any atom is -0.481 e. The molecule has 2 N–H and O–H groups in total. The van der Waals surface area contributed by atoms with E-state index in [1.165, 1.54) is 0 Å². The van der Waals surface area contributed by atoms with Crippen LogP contribution in [-0.2, 0) is 14.4 Å². The first-order valence-electron chi connectivity index (χ1n) is 6.74. The topological polar surface area (TPSA) is 86.7 Å². The predicted octanol–water partition coefficient (Wildman–Crippen LogP) is 0.616. The monoisotopic (exact) mass is 270 g/mol. The quantitative estimate of drug-likeness (QED) is 0.664. The lowest BCUT2D eigenvalue weighted by molar-refractivity contribution is -0.139. The number of rotatable bonds is 7. The van der Waals surface area contributed by atoms with Crippen LogP contribution in [0.25, 0.3) is 0 Å². The highest BCUT2D eigenvalue weighted by molar-refractivity contribution is 5.86. The highest BCUT2D eigenvalue weighted by Gasteiger charge is 2.28. The van der Waals surface area contributed by atoms with Crippen molar-refractivity contribution in [1.29, 1.82) is 0 Å². The Morgan fingerprint density at radius 3 is 2.74 bits per heavy atom. The first-order valence-corrected chi connectivity index (χ1v) is 6.74. The number of amides is 2. The van der Waals surface area contributed by atoms with E-state index in [4.69, 9.17) is 5.11 Å². The Balaban J connectivity index is 2.11. The maximum Gasteiger partial charge on any atom is 0.303 e. The first-order chi connectivity index (χ1) is 9.00. The second-order valence-corrected chi connectivity index (χ2v) is 5.00. The highest BCUT2D eigenvalue weighted by atomic mass is 16.4. The van der Waals surface area contributed by atoms with Crippen LogP contribution in [0, 0.1) is 5.92 Å². The van der Waals surface area contributed by atoms with E-state index in [2.05, 4.69) is 5.32 Å². The van der Waals surface area contributed by atoms with Crippen molar-refractivity contribution >= 4 is 17.8 Å². The lowest BCUT2D eigenvalue weighted by Crippen LogP contribution is -2.42. The van der Waals surface area contributed by atoms with Gasteiger partial charge >= 0.3 is 5.97 Å². The Labute approximate surface area is 113 Å². The van der Waals surface area contributed by atoms with Crippen LogP contribution in [0.5, 0.6) is 0 Å². The summed E-state index contributed by atoms with van der Waals surface area (Å²) in [4.78, 5) is 35.2. The molecule has 6 heteroatoms. The van der Waals surface area contributed by atoms with Gasteiger partial charge in [0.1, 0.15) is 0 Å². The van der Waals surface area contributed by atoms with Crippen LogP contribution in [0.4, 0.5) is 0 Å². The van der Waals surface area contributed by atoms with Crippen molar-refractivity contribution < 1.29 is 19.5 Å². The average molecular weight is 270 g/mol. The summed E-state index contributed by atoms with van der Waals surface area (Å²) in [6.45, 7) is 1.19. The van der Waals surface area contributed by atoms with Crippen molar-refractivity contribution in [2.24, 2.45) is 5.92 Å². The zero-order chi connectivity index (χ0) is 14.3. The molecule has 0 aromatic heterocycles. The third-order valence-electron chi connectivity index (χ3n) is 3.40. The fourth-order valence-electron chi connectivity index (χ4n) is 2.10. The lowest BCUT2D eigenvalue weighted by Gasteiger charge is -2.27. The molecule has 108 valence electrons. The summed E-state index contributed by atoms with van der Waals surface area (Å²) in [6.07, 6.45) is 3.39. The van der Waals surface area contributed by atoms with Crippen LogP contribution < -0.4 is 5.32 Å². The number of carboxylic acid groups (broad SMARTS) is 1. The SMILES string of the molecule is CN1CCC(C(=O)NCCCCCC(=O)O)CC1=O. The van der Waals surface area contributed by atoms with Crippen molar-refractivity contribution in [2.75, 3.05) is 20.1 Å². The maximum absolute atomic E-state index is 11.8. The van der Waals surface area contributed by atoms with Gasteiger partial charge in [0.05, 0.1) is 0 Å². The largest absolute Gasteiger partial charge is 0.481 e.